The van der Waals surface area contributed by atoms with Crippen molar-refractivity contribution in [3.63, 3.8) is 0 Å². The predicted molar refractivity (Wildman–Crippen MR) is 79.1 cm³/mol. The summed E-state index contributed by atoms with van der Waals surface area (Å²) in [6, 6.07) is 15.0. The van der Waals surface area contributed by atoms with Crippen LogP contribution in [0.5, 0.6) is 5.75 Å². The number of carbonyl (C=O) groups is 1. The number of methoxy groups -OCH3 is 1. The molecular formula is C17H17NO3. The molecule has 0 saturated heterocycles. The molecule has 1 heterocycles. The van der Waals surface area contributed by atoms with Crippen LogP contribution in [0, 0.1) is 0 Å². The molecule has 0 radical (unpaired) electrons. The summed E-state index contributed by atoms with van der Waals surface area (Å²) < 4.78 is 10.8. The van der Waals surface area contributed by atoms with Gasteiger partial charge >= 0.3 is 5.97 Å². The van der Waals surface area contributed by atoms with Crippen molar-refractivity contribution in [3.05, 3.63) is 65.2 Å². The number of ether oxygens (including phenoxy) is 2. The van der Waals surface area contributed by atoms with Crippen LogP contribution in [0.2, 0.25) is 0 Å². The lowest BCUT2D eigenvalue weighted by atomic mass is 9.93. The minimum Gasteiger partial charge on any atom is -0.485 e. The molecule has 4 nitrogen and oxygen atoms in total. The third-order valence-corrected chi connectivity index (χ3v) is 3.74. The summed E-state index contributed by atoms with van der Waals surface area (Å²) in [7, 11) is 1.37. The van der Waals surface area contributed by atoms with Gasteiger partial charge in [0.25, 0.3) is 0 Å². The molecular weight excluding hydrogens is 266 g/mol. The van der Waals surface area contributed by atoms with Gasteiger partial charge in [0.15, 0.2) is 0 Å². The highest BCUT2D eigenvalue weighted by Crippen LogP contribution is 2.39. The number of hydrogen-bond acceptors (Lipinski definition) is 4. The summed E-state index contributed by atoms with van der Waals surface area (Å²) in [5.41, 5.74) is 8.70. The van der Waals surface area contributed by atoms with Crippen LogP contribution in [0.25, 0.3) is 0 Å². The molecule has 2 N–H and O–H groups in total. The topological polar surface area (TPSA) is 61.5 Å². The Morgan fingerprint density at radius 1 is 1.24 bits per heavy atom. The van der Waals surface area contributed by atoms with Crippen molar-refractivity contribution in [3.8, 4) is 5.75 Å². The van der Waals surface area contributed by atoms with Gasteiger partial charge in [-0.15, -0.1) is 0 Å². The second-order valence-corrected chi connectivity index (χ2v) is 5.10. The molecule has 0 unspecified atom stereocenters. The quantitative estimate of drug-likeness (QED) is 0.861. The Balaban J connectivity index is 1.91. The highest BCUT2D eigenvalue weighted by atomic mass is 16.5. The number of fused-ring (bicyclic) bond motifs is 1. The first-order chi connectivity index (χ1) is 10.2. The van der Waals surface area contributed by atoms with Crippen LogP contribution in [-0.2, 0) is 4.74 Å². The van der Waals surface area contributed by atoms with Gasteiger partial charge in [-0.25, -0.2) is 4.79 Å². The fourth-order valence-corrected chi connectivity index (χ4v) is 2.64. The van der Waals surface area contributed by atoms with Gasteiger partial charge < -0.3 is 15.2 Å². The molecule has 21 heavy (non-hydrogen) atoms. The van der Waals surface area contributed by atoms with E-state index in [0.29, 0.717) is 12.0 Å². The van der Waals surface area contributed by atoms with Crippen molar-refractivity contribution >= 4 is 5.97 Å². The molecule has 1 aliphatic rings. The van der Waals surface area contributed by atoms with E-state index in [0.717, 1.165) is 16.9 Å². The number of carbonyl (C=O) groups excluding carboxylic acids is 1. The zero-order chi connectivity index (χ0) is 14.8. The van der Waals surface area contributed by atoms with Crippen LogP contribution in [0.3, 0.4) is 0 Å². The lowest BCUT2D eigenvalue weighted by molar-refractivity contribution is 0.0600. The number of nitrogens with two attached hydrogens (primary N) is 1. The third kappa shape index (κ3) is 2.62. The number of benzene rings is 2. The predicted octanol–water partition coefficient (Wildman–Crippen LogP) is 3.00. The maximum atomic E-state index is 11.6. The smallest absolute Gasteiger partial charge is 0.337 e. The number of hydrogen-bond donors (Lipinski definition) is 1. The second-order valence-electron chi connectivity index (χ2n) is 5.10. The van der Waals surface area contributed by atoms with Gasteiger partial charge in [0.05, 0.1) is 12.7 Å². The van der Waals surface area contributed by atoms with E-state index in [1.54, 1.807) is 12.1 Å². The van der Waals surface area contributed by atoms with Crippen molar-refractivity contribution in [2.45, 2.75) is 18.6 Å². The number of esters is 1. The normalized spacial score (nSPS) is 20.3. The van der Waals surface area contributed by atoms with Crippen molar-refractivity contribution < 1.29 is 14.3 Å². The van der Waals surface area contributed by atoms with Crippen molar-refractivity contribution in [2.24, 2.45) is 5.73 Å². The first kappa shape index (κ1) is 13.6. The van der Waals surface area contributed by atoms with Crippen LogP contribution in [0.15, 0.2) is 48.5 Å². The lowest BCUT2D eigenvalue weighted by Crippen LogP contribution is -2.24. The van der Waals surface area contributed by atoms with E-state index < -0.39 is 0 Å². The first-order valence-electron chi connectivity index (χ1n) is 6.88. The molecule has 4 heteroatoms. The van der Waals surface area contributed by atoms with E-state index in [9.17, 15) is 4.79 Å². The molecule has 0 bridgehead atoms. The van der Waals surface area contributed by atoms with Crippen LogP contribution in [0.4, 0.5) is 0 Å². The summed E-state index contributed by atoms with van der Waals surface area (Å²) in [4.78, 5) is 11.6. The molecule has 0 aliphatic carbocycles. The fourth-order valence-electron chi connectivity index (χ4n) is 2.64. The molecule has 0 aromatic heterocycles. The van der Waals surface area contributed by atoms with Gasteiger partial charge in [0.1, 0.15) is 11.9 Å². The van der Waals surface area contributed by atoms with Gasteiger partial charge in [-0.05, 0) is 23.8 Å². The monoisotopic (exact) mass is 283 g/mol. The maximum absolute atomic E-state index is 11.6. The molecule has 2 aromatic carbocycles. The molecule has 1 aliphatic heterocycles. The lowest BCUT2D eigenvalue weighted by Gasteiger charge is -2.30. The van der Waals surface area contributed by atoms with E-state index in [1.165, 1.54) is 7.11 Å². The van der Waals surface area contributed by atoms with E-state index in [1.807, 2.05) is 36.4 Å². The fraction of sp³-hybridized carbons (Fsp3) is 0.235. The van der Waals surface area contributed by atoms with Crippen LogP contribution in [0.1, 0.15) is 40.1 Å². The molecule has 0 spiro atoms. The average molecular weight is 283 g/mol. The summed E-state index contributed by atoms with van der Waals surface area (Å²) in [6.07, 6.45) is 0.529. The Morgan fingerprint density at radius 2 is 2.05 bits per heavy atom. The van der Waals surface area contributed by atoms with Gasteiger partial charge in [-0.1, -0.05) is 30.3 Å². The van der Waals surface area contributed by atoms with Crippen molar-refractivity contribution in [1.82, 2.24) is 0 Å². The van der Waals surface area contributed by atoms with Gasteiger partial charge in [-0.2, -0.15) is 0 Å². The molecule has 0 amide bonds. The maximum Gasteiger partial charge on any atom is 0.337 e. The standard InChI is InChI=1S/C17H17NO3/c1-20-17(19)12-6-4-5-11(9-12)16-10-14(18)13-7-2-3-8-15(13)21-16/h2-9,14,16H,10,18H2,1H3/t14-,16-/m1/s1. The summed E-state index contributed by atoms with van der Waals surface area (Å²) in [6.45, 7) is 0. The van der Waals surface area contributed by atoms with Crippen LogP contribution < -0.4 is 10.5 Å². The van der Waals surface area contributed by atoms with Gasteiger partial charge in [0, 0.05) is 18.0 Å². The zero-order valence-electron chi connectivity index (χ0n) is 11.8. The Labute approximate surface area is 123 Å². The number of rotatable bonds is 2. The number of para-hydroxylation sites is 1. The van der Waals surface area contributed by atoms with E-state index in [4.69, 9.17) is 15.2 Å². The zero-order valence-corrected chi connectivity index (χ0v) is 11.8. The SMILES string of the molecule is COC(=O)c1cccc([C@H]2C[C@@H](N)c3ccccc3O2)c1. The molecule has 3 rings (SSSR count). The molecule has 108 valence electrons. The van der Waals surface area contributed by atoms with Crippen LogP contribution >= 0.6 is 0 Å². The average Bonchev–Trinajstić information content (AvgIpc) is 2.54. The summed E-state index contributed by atoms with van der Waals surface area (Å²) >= 11 is 0. The summed E-state index contributed by atoms with van der Waals surface area (Å²) in [5, 5.41) is 0. The minimum absolute atomic E-state index is 0.0678. The van der Waals surface area contributed by atoms with E-state index >= 15 is 0 Å². The molecule has 2 atom stereocenters. The third-order valence-electron chi connectivity index (χ3n) is 3.74. The Morgan fingerprint density at radius 3 is 2.86 bits per heavy atom. The van der Waals surface area contributed by atoms with Crippen LogP contribution in [-0.4, -0.2) is 13.1 Å². The minimum atomic E-state index is -0.350. The van der Waals surface area contributed by atoms with Gasteiger partial charge in [-0.3, -0.25) is 0 Å². The Bertz CT molecular complexity index is 669. The first-order valence-corrected chi connectivity index (χ1v) is 6.88. The van der Waals surface area contributed by atoms with Crippen molar-refractivity contribution in [1.29, 1.82) is 0 Å². The highest BCUT2D eigenvalue weighted by molar-refractivity contribution is 5.89. The molecule has 0 fully saturated rings. The molecule has 0 saturated carbocycles. The van der Waals surface area contributed by atoms with Gasteiger partial charge in [0.2, 0.25) is 0 Å². The van der Waals surface area contributed by atoms with E-state index in [2.05, 4.69) is 0 Å². The summed E-state index contributed by atoms with van der Waals surface area (Å²) in [5.74, 6) is 0.460. The van der Waals surface area contributed by atoms with Crippen molar-refractivity contribution in [2.75, 3.05) is 7.11 Å². The Kier molecular flexibility index (Phi) is 3.62. The highest BCUT2D eigenvalue weighted by Gasteiger charge is 2.27. The molecule has 2 aromatic rings. The largest absolute Gasteiger partial charge is 0.485 e. The Hall–Kier alpha value is -2.33. The van der Waals surface area contributed by atoms with E-state index in [-0.39, 0.29) is 18.1 Å². The second kappa shape index (κ2) is 5.58.